The standard InChI is InChI=1S/C18H23N3O4/c1-12-5-3-4-10-18(12)16(23)21(17(24)20-18)11-15(22)19-13-6-8-14(25-2)9-7-13/h6-9,12H,3-5,10-11H2,1-2H3,(H,19,22)(H,20,24)/t12-,18-/m0/s1. The van der Waals surface area contributed by atoms with Crippen molar-refractivity contribution in [3.05, 3.63) is 24.3 Å². The number of urea groups is 1. The van der Waals surface area contributed by atoms with E-state index in [-0.39, 0.29) is 18.4 Å². The van der Waals surface area contributed by atoms with Gasteiger partial charge in [0, 0.05) is 5.69 Å². The number of imide groups is 1. The molecule has 1 saturated heterocycles. The molecule has 7 nitrogen and oxygen atoms in total. The van der Waals surface area contributed by atoms with Gasteiger partial charge in [-0.25, -0.2) is 4.79 Å². The van der Waals surface area contributed by atoms with E-state index in [0.29, 0.717) is 17.9 Å². The Labute approximate surface area is 146 Å². The number of benzene rings is 1. The molecule has 25 heavy (non-hydrogen) atoms. The molecule has 2 atom stereocenters. The van der Waals surface area contributed by atoms with Crippen molar-refractivity contribution in [1.29, 1.82) is 0 Å². The molecule has 1 saturated carbocycles. The molecule has 134 valence electrons. The zero-order valence-electron chi connectivity index (χ0n) is 14.5. The Kier molecular flexibility index (Phi) is 4.65. The summed E-state index contributed by atoms with van der Waals surface area (Å²) in [6.45, 7) is 1.70. The number of nitrogens with one attached hydrogen (secondary N) is 2. The second-order valence-electron chi connectivity index (χ2n) is 6.72. The molecule has 0 radical (unpaired) electrons. The minimum Gasteiger partial charge on any atom is -0.497 e. The van der Waals surface area contributed by atoms with Gasteiger partial charge in [-0.2, -0.15) is 0 Å². The summed E-state index contributed by atoms with van der Waals surface area (Å²) < 4.78 is 5.07. The van der Waals surface area contributed by atoms with Crippen molar-refractivity contribution in [3.8, 4) is 5.75 Å². The number of amides is 4. The van der Waals surface area contributed by atoms with Gasteiger partial charge in [0.05, 0.1) is 7.11 Å². The molecule has 2 fully saturated rings. The Hall–Kier alpha value is -2.57. The maximum absolute atomic E-state index is 12.8. The van der Waals surface area contributed by atoms with Crippen LogP contribution in [0.2, 0.25) is 0 Å². The highest BCUT2D eigenvalue weighted by atomic mass is 16.5. The maximum atomic E-state index is 12.8. The third kappa shape index (κ3) is 3.18. The Bertz CT molecular complexity index is 688. The third-order valence-electron chi connectivity index (χ3n) is 5.18. The fraction of sp³-hybridized carbons (Fsp3) is 0.500. The Balaban J connectivity index is 1.66. The van der Waals surface area contributed by atoms with Crippen LogP contribution in [0.25, 0.3) is 0 Å². The number of hydrogen-bond acceptors (Lipinski definition) is 4. The van der Waals surface area contributed by atoms with Crippen LogP contribution < -0.4 is 15.4 Å². The third-order valence-corrected chi connectivity index (χ3v) is 5.18. The molecule has 1 spiro atoms. The van der Waals surface area contributed by atoms with Crippen LogP contribution in [0, 0.1) is 5.92 Å². The average Bonchev–Trinajstić information content (AvgIpc) is 2.83. The lowest BCUT2D eigenvalue weighted by Gasteiger charge is -2.36. The van der Waals surface area contributed by atoms with Gasteiger partial charge in [-0.3, -0.25) is 14.5 Å². The van der Waals surface area contributed by atoms with Crippen molar-refractivity contribution >= 4 is 23.5 Å². The fourth-order valence-electron chi connectivity index (χ4n) is 3.66. The number of anilines is 1. The van der Waals surface area contributed by atoms with E-state index in [0.717, 1.165) is 24.2 Å². The fourth-order valence-corrected chi connectivity index (χ4v) is 3.66. The molecule has 1 aromatic carbocycles. The highest BCUT2D eigenvalue weighted by Gasteiger charge is 2.55. The molecule has 2 N–H and O–H groups in total. The van der Waals surface area contributed by atoms with E-state index in [9.17, 15) is 14.4 Å². The summed E-state index contributed by atoms with van der Waals surface area (Å²) in [5.74, 6) is 0.0661. The van der Waals surface area contributed by atoms with Crippen molar-refractivity contribution in [2.45, 2.75) is 38.1 Å². The average molecular weight is 345 g/mol. The van der Waals surface area contributed by atoms with E-state index in [1.807, 2.05) is 6.92 Å². The van der Waals surface area contributed by atoms with Crippen molar-refractivity contribution < 1.29 is 19.1 Å². The van der Waals surface area contributed by atoms with E-state index in [4.69, 9.17) is 4.74 Å². The second kappa shape index (κ2) is 6.74. The van der Waals surface area contributed by atoms with Crippen molar-refractivity contribution in [1.82, 2.24) is 10.2 Å². The molecule has 0 aromatic heterocycles. The monoisotopic (exact) mass is 345 g/mol. The number of ether oxygens (including phenoxy) is 1. The Morgan fingerprint density at radius 3 is 2.68 bits per heavy atom. The first-order valence-electron chi connectivity index (χ1n) is 8.54. The summed E-state index contributed by atoms with van der Waals surface area (Å²) >= 11 is 0. The van der Waals surface area contributed by atoms with Gasteiger partial charge in [-0.1, -0.05) is 19.8 Å². The van der Waals surface area contributed by atoms with Crippen LogP contribution in [0.5, 0.6) is 5.75 Å². The number of hydrogen-bond donors (Lipinski definition) is 2. The lowest BCUT2D eigenvalue weighted by atomic mass is 9.73. The van der Waals surface area contributed by atoms with Crippen molar-refractivity contribution in [2.24, 2.45) is 5.92 Å². The van der Waals surface area contributed by atoms with E-state index in [1.54, 1.807) is 31.4 Å². The van der Waals surface area contributed by atoms with Crippen LogP contribution in [0.4, 0.5) is 10.5 Å². The molecular weight excluding hydrogens is 322 g/mol. The van der Waals surface area contributed by atoms with Gasteiger partial charge < -0.3 is 15.4 Å². The van der Waals surface area contributed by atoms with E-state index in [1.165, 1.54) is 0 Å². The summed E-state index contributed by atoms with van der Waals surface area (Å²) in [5, 5.41) is 5.54. The minimum atomic E-state index is -0.838. The smallest absolute Gasteiger partial charge is 0.325 e. The number of methoxy groups -OCH3 is 1. The Morgan fingerprint density at radius 2 is 2.04 bits per heavy atom. The van der Waals surface area contributed by atoms with Crippen LogP contribution in [0.3, 0.4) is 0 Å². The zero-order chi connectivity index (χ0) is 18.0. The van der Waals surface area contributed by atoms with E-state index < -0.39 is 17.5 Å². The van der Waals surface area contributed by atoms with Gasteiger partial charge >= 0.3 is 6.03 Å². The SMILES string of the molecule is COc1ccc(NC(=O)CN2C(=O)N[C@]3(CCCC[C@@H]3C)C2=O)cc1. The maximum Gasteiger partial charge on any atom is 0.325 e. The topological polar surface area (TPSA) is 87.7 Å². The highest BCUT2D eigenvalue weighted by Crippen LogP contribution is 2.38. The van der Waals surface area contributed by atoms with Crippen molar-refractivity contribution in [3.63, 3.8) is 0 Å². The molecule has 1 aromatic rings. The Morgan fingerprint density at radius 1 is 1.32 bits per heavy atom. The summed E-state index contributed by atoms with van der Waals surface area (Å²) in [6, 6.07) is 6.37. The summed E-state index contributed by atoms with van der Waals surface area (Å²) in [6.07, 6.45) is 3.50. The molecular formula is C18H23N3O4. The van der Waals surface area contributed by atoms with Crippen LogP contribution in [-0.2, 0) is 9.59 Å². The number of rotatable bonds is 4. The first-order valence-corrected chi connectivity index (χ1v) is 8.54. The minimum absolute atomic E-state index is 0.0762. The predicted molar refractivity (Wildman–Crippen MR) is 92.2 cm³/mol. The predicted octanol–water partition coefficient (Wildman–Crippen LogP) is 2.13. The summed E-state index contributed by atoms with van der Waals surface area (Å²) in [4.78, 5) is 38.4. The second-order valence-corrected chi connectivity index (χ2v) is 6.72. The normalized spacial score (nSPS) is 25.8. The largest absolute Gasteiger partial charge is 0.497 e. The van der Waals surface area contributed by atoms with Gasteiger partial charge in [0.1, 0.15) is 17.8 Å². The molecule has 0 unspecified atom stereocenters. The summed E-state index contributed by atoms with van der Waals surface area (Å²) in [5.41, 5.74) is -0.256. The van der Waals surface area contributed by atoms with Gasteiger partial charge in [0.2, 0.25) is 5.91 Å². The molecule has 4 amide bonds. The molecule has 1 aliphatic carbocycles. The lowest BCUT2D eigenvalue weighted by molar-refractivity contribution is -0.136. The van der Waals surface area contributed by atoms with Crippen LogP contribution in [-0.4, -0.2) is 41.9 Å². The van der Waals surface area contributed by atoms with Crippen LogP contribution >= 0.6 is 0 Å². The van der Waals surface area contributed by atoms with Gasteiger partial charge in [0.25, 0.3) is 5.91 Å². The number of carbonyl (C=O) groups excluding carboxylic acids is 3. The number of nitrogens with zero attached hydrogens (tertiary/aromatic N) is 1. The van der Waals surface area contributed by atoms with E-state index >= 15 is 0 Å². The van der Waals surface area contributed by atoms with Crippen molar-refractivity contribution in [2.75, 3.05) is 19.0 Å². The molecule has 0 bridgehead atoms. The van der Waals surface area contributed by atoms with Gasteiger partial charge in [-0.15, -0.1) is 0 Å². The zero-order valence-corrected chi connectivity index (χ0v) is 14.5. The van der Waals surface area contributed by atoms with E-state index in [2.05, 4.69) is 10.6 Å². The lowest BCUT2D eigenvalue weighted by Crippen LogP contribution is -2.54. The highest BCUT2D eigenvalue weighted by molar-refractivity contribution is 6.10. The van der Waals surface area contributed by atoms with Crippen LogP contribution in [0.1, 0.15) is 32.6 Å². The van der Waals surface area contributed by atoms with Gasteiger partial charge in [-0.05, 0) is 43.0 Å². The number of carbonyl (C=O) groups is 3. The van der Waals surface area contributed by atoms with Gasteiger partial charge in [0.15, 0.2) is 0 Å². The molecule has 1 heterocycles. The molecule has 7 heteroatoms. The molecule has 3 rings (SSSR count). The molecule has 1 aliphatic heterocycles. The summed E-state index contributed by atoms with van der Waals surface area (Å²) in [7, 11) is 1.56. The first-order chi connectivity index (χ1) is 12.0. The molecule has 2 aliphatic rings. The first kappa shape index (κ1) is 17.3. The quantitative estimate of drug-likeness (QED) is 0.819. The van der Waals surface area contributed by atoms with Crippen LogP contribution in [0.15, 0.2) is 24.3 Å².